The summed E-state index contributed by atoms with van der Waals surface area (Å²) in [6.45, 7) is 6.71. The van der Waals surface area contributed by atoms with Crippen LogP contribution in [0.1, 0.15) is 38.4 Å². The van der Waals surface area contributed by atoms with E-state index in [-0.39, 0.29) is 0 Å². The van der Waals surface area contributed by atoms with E-state index in [1.54, 1.807) is 0 Å². The van der Waals surface area contributed by atoms with Crippen LogP contribution in [-0.2, 0) is 12.8 Å². The van der Waals surface area contributed by atoms with E-state index in [1.165, 1.54) is 17.7 Å². The average molecular weight is 266 g/mol. The van der Waals surface area contributed by atoms with E-state index < -0.39 is 0 Å². The zero-order valence-corrected chi connectivity index (χ0v) is 12.9. The Balaban J connectivity index is 2.46. The summed E-state index contributed by atoms with van der Waals surface area (Å²) in [5.41, 5.74) is 2.50. The monoisotopic (exact) mass is 266 g/mol. The average Bonchev–Trinajstić information content (AvgIpc) is 2.43. The number of nitrogens with one attached hydrogen (secondary N) is 1. The maximum atomic E-state index is 4.54. The van der Waals surface area contributed by atoms with E-state index in [4.69, 9.17) is 0 Å². The van der Waals surface area contributed by atoms with Gasteiger partial charge >= 0.3 is 0 Å². The van der Waals surface area contributed by atoms with Crippen molar-refractivity contribution in [1.29, 1.82) is 0 Å². The van der Waals surface area contributed by atoms with Crippen molar-refractivity contribution in [3.63, 3.8) is 0 Å². The van der Waals surface area contributed by atoms with Crippen LogP contribution in [-0.4, -0.2) is 29.1 Å². The van der Waals surface area contributed by atoms with Gasteiger partial charge in [0.1, 0.15) is 0 Å². The molecule has 1 aromatic rings. The normalized spacial score (nSPS) is 14.4. The molecule has 0 radical (unpaired) electrons. The third kappa shape index (κ3) is 5.40. The molecule has 2 atom stereocenters. The van der Waals surface area contributed by atoms with Crippen molar-refractivity contribution in [2.75, 3.05) is 12.8 Å². The highest BCUT2D eigenvalue weighted by molar-refractivity contribution is 7.99. The summed E-state index contributed by atoms with van der Waals surface area (Å²) in [6, 6.07) is 4.87. The predicted octanol–water partition coefficient (Wildman–Crippen LogP) is 3.31. The van der Waals surface area contributed by atoms with Crippen LogP contribution in [0.25, 0.3) is 0 Å². The Hall–Kier alpha value is -0.540. The molecule has 1 aromatic heterocycles. The molecule has 0 saturated heterocycles. The first-order valence-corrected chi connectivity index (χ1v) is 7.97. The van der Waals surface area contributed by atoms with Crippen LogP contribution in [0.15, 0.2) is 18.3 Å². The Morgan fingerprint density at radius 2 is 2.11 bits per heavy atom. The highest BCUT2D eigenvalue weighted by Crippen LogP contribution is 2.16. The van der Waals surface area contributed by atoms with Crippen LogP contribution in [0, 0.1) is 0 Å². The summed E-state index contributed by atoms with van der Waals surface area (Å²) >= 11 is 2.05. The van der Waals surface area contributed by atoms with Gasteiger partial charge in [-0.3, -0.25) is 4.98 Å². The van der Waals surface area contributed by atoms with E-state index >= 15 is 0 Å². The smallest absolute Gasteiger partial charge is 0.0419 e. The van der Waals surface area contributed by atoms with Crippen LogP contribution >= 0.6 is 11.8 Å². The van der Waals surface area contributed by atoms with E-state index in [9.17, 15) is 0 Å². The van der Waals surface area contributed by atoms with Gasteiger partial charge in [-0.25, -0.2) is 0 Å². The fourth-order valence-corrected chi connectivity index (χ4v) is 2.76. The number of hydrogen-bond acceptors (Lipinski definition) is 3. The van der Waals surface area contributed by atoms with Gasteiger partial charge in [-0.2, -0.15) is 11.8 Å². The van der Waals surface area contributed by atoms with Crippen molar-refractivity contribution in [3.05, 3.63) is 29.6 Å². The van der Waals surface area contributed by atoms with Crippen LogP contribution in [0.3, 0.4) is 0 Å². The maximum Gasteiger partial charge on any atom is 0.0419 e. The number of nitrogens with zero attached hydrogens (tertiary/aromatic N) is 1. The molecule has 2 nitrogen and oxygen atoms in total. The van der Waals surface area contributed by atoms with Crippen molar-refractivity contribution in [3.8, 4) is 0 Å². The Labute approximate surface area is 116 Å². The van der Waals surface area contributed by atoms with Gasteiger partial charge < -0.3 is 5.32 Å². The molecule has 0 fully saturated rings. The standard InChI is InChI=1S/C15H26N2S/c1-5-12(3)18-11-15(16-4)9-14-8-7-13(6-2)10-17-14/h7-8,10,12,15-16H,5-6,9,11H2,1-4H3. The van der Waals surface area contributed by atoms with Crippen molar-refractivity contribution in [2.24, 2.45) is 0 Å². The fourth-order valence-electron chi connectivity index (χ4n) is 1.68. The van der Waals surface area contributed by atoms with Crippen molar-refractivity contribution >= 4 is 11.8 Å². The third-order valence-electron chi connectivity index (χ3n) is 3.31. The van der Waals surface area contributed by atoms with Gasteiger partial charge in [0.25, 0.3) is 0 Å². The Morgan fingerprint density at radius 3 is 2.61 bits per heavy atom. The molecule has 0 bridgehead atoms. The molecule has 3 heteroatoms. The van der Waals surface area contributed by atoms with Gasteiger partial charge in [0.05, 0.1) is 0 Å². The molecule has 0 amide bonds. The topological polar surface area (TPSA) is 24.9 Å². The van der Waals surface area contributed by atoms with Gasteiger partial charge in [-0.15, -0.1) is 0 Å². The molecule has 18 heavy (non-hydrogen) atoms. The number of hydrogen-bond donors (Lipinski definition) is 1. The van der Waals surface area contributed by atoms with Crippen molar-refractivity contribution in [1.82, 2.24) is 10.3 Å². The second kappa shape index (κ2) is 8.54. The number of pyridine rings is 1. The van der Waals surface area contributed by atoms with Crippen molar-refractivity contribution < 1.29 is 0 Å². The lowest BCUT2D eigenvalue weighted by Crippen LogP contribution is -2.31. The van der Waals surface area contributed by atoms with E-state index in [2.05, 4.69) is 43.2 Å². The Bertz CT molecular complexity index is 324. The van der Waals surface area contributed by atoms with Crippen LogP contribution in [0.4, 0.5) is 0 Å². The predicted molar refractivity (Wildman–Crippen MR) is 82.4 cm³/mol. The lowest BCUT2D eigenvalue weighted by molar-refractivity contribution is 0.607. The molecule has 1 N–H and O–H groups in total. The summed E-state index contributed by atoms with van der Waals surface area (Å²) in [5, 5.41) is 4.14. The Morgan fingerprint density at radius 1 is 1.33 bits per heavy atom. The number of likely N-dealkylation sites (N-methyl/N-ethyl adjacent to an activating group) is 1. The van der Waals surface area contributed by atoms with E-state index in [0.717, 1.165) is 23.8 Å². The minimum absolute atomic E-state index is 0.518. The van der Waals surface area contributed by atoms with Gasteiger partial charge in [0.2, 0.25) is 0 Å². The maximum absolute atomic E-state index is 4.54. The first-order valence-electron chi connectivity index (χ1n) is 6.92. The van der Waals surface area contributed by atoms with E-state index in [0.29, 0.717) is 6.04 Å². The lowest BCUT2D eigenvalue weighted by atomic mass is 10.1. The van der Waals surface area contributed by atoms with Crippen LogP contribution in [0.2, 0.25) is 0 Å². The van der Waals surface area contributed by atoms with E-state index in [1.807, 2.05) is 25.0 Å². The van der Waals surface area contributed by atoms with Crippen LogP contribution in [0.5, 0.6) is 0 Å². The Kier molecular flexibility index (Phi) is 7.36. The number of aromatic nitrogens is 1. The van der Waals surface area contributed by atoms with Crippen LogP contribution < -0.4 is 5.32 Å². The zero-order valence-electron chi connectivity index (χ0n) is 12.1. The molecule has 0 aliphatic rings. The molecule has 0 aliphatic heterocycles. The largest absolute Gasteiger partial charge is 0.316 e. The first-order chi connectivity index (χ1) is 8.69. The van der Waals surface area contributed by atoms with Gasteiger partial charge in [0.15, 0.2) is 0 Å². The summed E-state index contributed by atoms with van der Waals surface area (Å²) in [6.07, 6.45) is 5.32. The summed E-state index contributed by atoms with van der Waals surface area (Å²) < 4.78 is 0. The molecule has 1 rings (SSSR count). The first kappa shape index (κ1) is 15.5. The summed E-state index contributed by atoms with van der Waals surface area (Å²) in [4.78, 5) is 4.54. The second-order valence-electron chi connectivity index (χ2n) is 4.75. The molecular formula is C15H26N2S. The zero-order chi connectivity index (χ0) is 13.4. The minimum atomic E-state index is 0.518. The second-order valence-corrected chi connectivity index (χ2v) is 6.22. The molecule has 0 aromatic carbocycles. The molecule has 0 spiro atoms. The number of aryl methyl sites for hydroxylation is 1. The molecule has 2 unspecified atom stereocenters. The summed E-state index contributed by atoms with van der Waals surface area (Å²) in [7, 11) is 2.04. The molecule has 0 aliphatic carbocycles. The number of thioether (sulfide) groups is 1. The minimum Gasteiger partial charge on any atom is -0.316 e. The highest BCUT2D eigenvalue weighted by Gasteiger charge is 2.10. The number of rotatable bonds is 8. The lowest BCUT2D eigenvalue weighted by Gasteiger charge is -2.17. The molecule has 0 saturated carbocycles. The quantitative estimate of drug-likeness (QED) is 0.781. The molecule has 1 heterocycles. The highest BCUT2D eigenvalue weighted by atomic mass is 32.2. The van der Waals surface area contributed by atoms with Crippen molar-refractivity contribution in [2.45, 2.75) is 51.3 Å². The summed E-state index contributed by atoms with van der Waals surface area (Å²) in [5.74, 6) is 1.16. The van der Waals surface area contributed by atoms with Gasteiger partial charge in [-0.1, -0.05) is 26.8 Å². The van der Waals surface area contributed by atoms with Gasteiger partial charge in [0, 0.05) is 35.4 Å². The fraction of sp³-hybridized carbons (Fsp3) is 0.667. The molecule has 102 valence electrons. The third-order valence-corrected chi connectivity index (χ3v) is 4.81. The molecular weight excluding hydrogens is 240 g/mol. The van der Waals surface area contributed by atoms with Gasteiger partial charge in [-0.05, 0) is 31.5 Å². The SMILES string of the molecule is CCc1ccc(CC(CSC(C)CC)NC)nc1.